The highest BCUT2D eigenvalue weighted by Gasteiger charge is 2.45. The Balaban J connectivity index is 2.31. The molecule has 0 bridgehead atoms. The molecule has 0 unspecified atom stereocenters. The number of carboxylic acids is 1. The summed E-state index contributed by atoms with van der Waals surface area (Å²) in [6.07, 6.45) is 2.43. The van der Waals surface area contributed by atoms with E-state index < -0.39 is 11.4 Å². The summed E-state index contributed by atoms with van der Waals surface area (Å²) in [4.78, 5) is 11.2. The van der Waals surface area contributed by atoms with Crippen LogP contribution >= 0.6 is 0 Å². The van der Waals surface area contributed by atoms with Crippen molar-refractivity contribution in [2.24, 2.45) is 0 Å². The number of carbonyl (C=O) groups is 1. The fraction of sp³-hybridized carbons (Fsp3) is 0.417. The number of benzene rings is 1. The largest absolute Gasteiger partial charge is 0.481 e. The quantitative estimate of drug-likeness (QED) is 0.791. The lowest BCUT2D eigenvalue weighted by molar-refractivity contribution is -0.147. The maximum Gasteiger partial charge on any atom is 0.314 e. The molecule has 0 aliphatic heterocycles. The molecular formula is C12H14O3. The minimum Gasteiger partial charge on any atom is -0.481 e. The first-order chi connectivity index (χ1) is 7.19. The molecule has 1 saturated carbocycles. The zero-order valence-electron chi connectivity index (χ0n) is 8.44. The molecule has 1 aromatic rings. The Labute approximate surface area is 88.4 Å². The summed E-state index contributed by atoms with van der Waals surface area (Å²) in [5, 5.41) is 18.1. The summed E-state index contributed by atoms with van der Waals surface area (Å²) in [5.41, 5.74) is 1.02. The minimum atomic E-state index is -0.731. The van der Waals surface area contributed by atoms with Crippen molar-refractivity contribution in [1.29, 1.82) is 0 Å². The number of aliphatic carboxylic acids is 1. The van der Waals surface area contributed by atoms with Gasteiger partial charge in [-0.15, -0.1) is 0 Å². The van der Waals surface area contributed by atoms with Crippen LogP contribution in [0.3, 0.4) is 0 Å². The molecule has 0 saturated heterocycles. The Kier molecular flexibility index (Phi) is 2.49. The van der Waals surface area contributed by atoms with Crippen molar-refractivity contribution in [2.45, 2.75) is 31.3 Å². The summed E-state index contributed by atoms with van der Waals surface area (Å²) >= 11 is 0. The van der Waals surface area contributed by atoms with E-state index in [-0.39, 0.29) is 6.61 Å². The molecule has 2 rings (SSSR count). The van der Waals surface area contributed by atoms with Gasteiger partial charge in [-0.05, 0) is 24.0 Å². The Morgan fingerprint density at radius 1 is 1.27 bits per heavy atom. The van der Waals surface area contributed by atoms with E-state index >= 15 is 0 Å². The van der Waals surface area contributed by atoms with Gasteiger partial charge in [-0.1, -0.05) is 30.7 Å². The van der Waals surface area contributed by atoms with Gasteiger partial charge >= 0.3 is 5.97 Å². The topological polar surface area (TPSA) is 57.5 Å². The summed E-state index contributed by atoms with van der Waals surface area (Å²) in [7, 11) is 0. The van der Waals surface area contributed by atoms with E-state index in [4.69, 9.17) is 5.11 Å². The fourth-order valence-corrected chi connectivity index (χ4v) is 2.09. The third kappa shape index (κ3) is 1.53. The van der Waals surface area contributed by atoms with E-state index in [1.807, 2.05) is 12.1 Å². The van der Waals surface area contributed by atoms with Crippen LogP contribution in [0.2, 0.25) is 0 Å². The number of hydrogen-bond acceptors (Lipinski definition) is 2. The molecule has 15 heavy (non-hydrogen) atoms. The summed E-state index contributed by atoms with van der Waals surface area (Å²) in [6.45, 7) is 0.000349. The molecule has 0 spiro atoms. The van der Waals surface area contributed by atoms with Gasteiger partial charge in [-0.25, -0.2) is 0 Å². The highest BCUT2D eigenvalue weighted by molar-refractivity contribution is 5.82. The molecule has 3 nitrogen and oxygen atoms in total. The maximum absolute atomic E-state index is 11.2. The maximum atomic E-state index is 11.2. The highest BCUT2D eigenvalue weighted by atomic mass is 16.4. The van der Waals surface area contributed by atoms with Gasteiger partial charge in [0.25, 0.3) is 0 Å². The predicted molar refractivity (Wildman–Crippen MR) is 55.5 cm³/mol. The van der Waals surface area contributed by atoms with Crippen LogP contribution < -0.4 is 0 Å². The SMILES string of the molecule is O=C(O)C1(c2ccc(CO)cc2)CCC1. The molecule has 0 amide bonds. The summed E-state index contributed by atoms with van der Waals surface area (Å²) in [6, 6.07) is 7.22. The summed E-state index contributed by atoms with van der Waals surface area (Å²) in [5.74, 6) is -0.731. The van der Waals surface area contributed by atoms with Gasteiger partial charge in [-0.3, -0.25) is 4.79 Å². The lowest BCUT2D eigenvalue weighted by Gasteiger charge is -2.38. The van der Waals surface area contributed by atoms with E-state index in [0.29, 0.717) is 0 Å². The molecular weight excluding hydrogens is 192 g/mol. The molecule has 1 aromatic carbocycles. The normalized spacial score (nSPS) is 18.2. The molecule has 1 aliphatic rings. The molecule has 0 heterocycles. The molecule has 3 heteroatoms. The van der Waals surface area contributed by atoms with Crippen LogP contribution in [0.25, 0.3) is 0 Å². The lowest BCUT2D eigenvalue weighted by Crippen LogP contribution is -2.42. The Hall–Kier alpha value is -1.35. The number of aliphatic hydroxyl groups excluding tert-OH is 1. The molecule has 0 atom stereocenters. The third-order valence-electron chi connectivity index (χ3n) is 3.31. The van der Waals surface area contributed by atoms with Crippen LogP contribution in [0, 0.1) is 0 Å². The number of aliphatic hydroxyl groups is 1. The van der Waals surface area contributed by atoms with E-state index in [1.165, 1.54) is 0 Å². The number of hydrogen-bond donors (Lipinski definition) is 2. The molecule has 2 N–H and O–H groups in total. The molecule has 0 aromatic heterocycles. The van der Waals surface area contributed by atoms with Gasteiger partial charge in [0.15, 0.2) is 0 Å². The molecule has 1 aliphatic carbocycles. The first-order valence-corrected chi connectivity index (χ1v) is 5.13. The predicted octanol–water partition coefficient (Wildman–Crippen LogP) is 1.69. The fourth-order valence-electron chi connectivity index (χ4n) is 2.09. The second-order valence-corrected chi connectivity index (χ2v) is 4.10. The van der Waals surface area contributed by atoms with Crippen molar-refractivity contribution in [2.75, 3.05) is 0 Å². The standard InChI is InChI=1S/C12H14O3/c13-8-9-2-4-10(5-3-9)12(11(14)15)6-1-7-12/h2-5,13H,1,6-8H2,(H,14,15). The summed E-state index contributed by atoms with van der Waals surface area (Å²) < 4.78 is 0. The second kappa shape index (κ2) is 3.66. The van der Waals surface area contributed by atoms with E-state index in [1.54, 1.807) is 12.1 Å². The number of rotatable bonds is 3. The average Bonchev–Trinajstić information content (AvgIpc) is 2.16. The van der Waals surface area contributed by atoms with Crippen molar-refractivity contribution in [3.05, 3.63) is 35.4 Å². The van der Waals surface area contributed by atoms with Crippen LogP contribution in [0.1, 0.15) is 30.4 Å². The molecule has 0 radical (unpaired) electrons. The van der Waals surface area contributed by atoms with E-state index in [2.05, 4.69) is 0 Å². The monoisotopic (exact) mass is 206 g/mol. The van der Waals surface area contributed by atoms with Gasteiger partial charge in [-0.2, -0.15) is 0 Å². The first kappa shape index (κ1) is 10.2. The van der Waals surface area contributed by atoms with Crippen molar-refractivity contribution in [1.82, 2.24) is 0 Å². The smallest absolute Gasteiger partial charge is 0.314 e. The van der Waals surface area contributed by atoms with Crippen LogP contribution in [-0.2, 0) is 16.8 Å². The zero-order chi connectivity index (χ0) is 10.9. The van der Waals surface area contributed by atoms with Crippen molar-refractivity contribution < 1.29 is 15.0 Å². The van der Waals surface area contributed by atoms with Gasteiger partial charge < -0.3 is 10.2 Å². The van der Waals surface area contributed by atoms with Crippen molar-refractivity contribution in [3.8, 4) is 0 Å². The van der Waals surface area contributed by atoms with Crippen LogP contribution in [0.4, 0.5) is 0 Å². The van der Waals surface area contributed by atoms with Gasteiger partial charge in [0.1, 0.15) is 0 Å². The van der Waals surface area contributed by atoms with Gasteiger partial charge in [0.2, 0.25) is 0 Å². The number of carboxylic acid groups (broad SMARTS) is 1. The molecule has 80 valence electrons. The third-order valence-corrected chi connectivity index (χ3v) is 3.31. The minimum absolute atomic E-state index is 0.000349. The highest BCUT2D eigenvalue weighted by Crippen LogP contribution is 2.43. The van der Waals surface area contributed by atoms with Crippen LogP contribution in [0.5, 0.6) is 0 Å². The van der Waals surface area contributed by atoms with E-state index in [0.717, 1.165) is 30.4 Å². The zero-order valence-corrected chi connectivity index (χ0v) is 8.44. The Morgan fingerprint density at radius 2 is 1.87 bits per heavy atom. The van der Waals surface area contributed by atoms with Crippen LogP contribution in [0.15, 0.2) is 24.3 Å². The first-order valence-electron chi connectivity index (χ1n) is 5.13. The van der Waals surface area contributed by atoms with Crippen LogP contribution in [-0.4, -0.2) is 16.2 Å². The second-order valence-electron chi connectivity index (χ2n) is 4.10. The Morgan fingerprint density at radius 3 is 2.20 bits per heavy atom. The van der Waals surface area contributed by atoms with Crippen molar-refractivity contribution >= 4 is 5.97 Å². The van der Waals surface area contributed by atoms with Gasteiger partial charge in [0.05, 0.1) is 12.0 Å². The van der Waals surface area contributed by atoms with Gasteiger partial charge in [0, 0.05) is 0 Å². The Bertz CT molecular complexity index is 363. The average molecular weight is 206 g/mol. The molecule has 1 fully saturated rings. The van der Waals surface area contributed by atoms with E-state index in [9.17, 15) is 9.90 Å². The lowest BCUT2D eigenvalue weighted by atomic mass is 9.64. The van der Waals surface area contributed by atoms with Crippen molar-refractivity contribution in [3.63, 3.8) is 0 Å².